The van der Waals surface area contributed by atoms with E-state index in [0.29, 0.717) is 17.3 Å². The van der Waals surface area contributed by atoms with Crippen molar-refractivity contribution >= 4 is 23.6 Å². The number of amides is 1. The lowest BCUT2D eigenvalue weighted by molar-refractivity contribution is -0.111. The van der Waals surface area contributed by atoms with Crippen molar-refractivity contribution in [2.24, 2.45) is 0 Å². The van der Waals surface area contributed by atoms with E-state index in [2.05, 4.69) is 32.1 Å². The van der Waals surface area contributed by atoms with E-state index >= 15 is 0 Å². The van der Waals surface area contributed by atoms with Gasteiger partial charge in [0.25, 0.3) is 0 Å². The first-order chi connectivity index (χ1) is 13.6. The number of piperazine rings is 1. The molecule has 0 saturated carbocycles. The molecule has 2 heterocycles. The monoisotopic (exact) mass is 383 g/mol. The third-order valence-corrected chi connectivity index (χ3v) is 4.57. The van der Waals surface area contributed by atoms with E-state index in [1.807, 2.05) is 6.07 Å². The average molecular weight is 383 g/mol. The first kappa shape index (κ1) is 19.6. The van der Waals surface area contributed by atoms with Crippen molar-refractivity contribution in [1.29, 1.82) is 0 Å². The molecule has 0 unspecified atom stereocenters. The van der Waals surface area contributed by atoms with E-state index in [4.69, 9.17) is 9.47 Å². The molecule has 8 heteroatoms. The Morgan fingerprint density at radius 3 is 2.54 bits per heavy atom. The van der Waals surface area contributed by atoms with Crippen molar-refractivity contribution < 1.29 is 14.3 Å². The number of ether oxygens (including phenoxy) is 2. The second-order valence-electron chi connectivity index (χ2n) is 6.49. The van der Waals surface area contributed by atoms with Crippen molar-refractivity contribution in [2.75, 3.05) is 57.7 Å². The van der Waals surface area contributed by atoms with Crippen molar-refractivity contribution in [3.8, 4) is 11.5 Å². The van der Waals surface area contributed by atoms with Gasteiger partial charge in [-0.3, -0.25) is 4.79 Å². The number of likely N-dealkylation sites (N-methyl/N-ethyl adjacent to an activating group) is 1. The SMILES string of the molecule is COc1ccc(/C=C/C(=O)Nc2cc(N3CCN(C)CC3)ncn2)cc1OC. The van der Waals surface area contributed by atoms with Crippen LogP contribution in [0, 0.1) is 0 Å². The van der Waals surface area contributed by atoms with Gasteiger partial charge >= 0.3 is 0 Å². The molecule has 0 bridgehead atoms. The number of rotatable bonds is 6. The molecule has 148 valence electrons. The molecule has 0 aliphatic carbocycles. The summed E-state index contributed by atoms with van der Waals surface area (Å²) in [7, 11) is 5.26. The zero-order valence-corrected chi connectivity index (χ0v) is 16.4. The van der Waals surface area contributed by atoms with E-state index in [-0.39, 0.29) is 5.91 Å². The number of methoxy groups -OCH3 is 2. The highest BCUT2D eigenvalue weighted by Crippen LogP contribution is 2.28. The number of carbonyl (C=O) groups is 1. The molecule has 1 aromatic heterocycles. The minimum Gasteiger partial charge on any atom is -0.493 e. The van der Waals surface area contributed by atoms with Gasteiger partial charge in [-0.15, -0.1) is 0 Å². The Labute approximate surface area is 164 Å². The summed E-state index contributed by atoms with van der Waals surface area (Å²) in [6.07, 6.45) is 4.64. The number of nitrogens with zero attached hydrogens (tertiary/aromatic N) is 4. The average Bonchev–Trinajstić information content (AvgIpc) is 2.72. The van der Waals surface area contributed by atoms with Gasteiger partial charge in [-0.05, 0) is 30.8 Å². The molecule has 1 saturated heterocycles. The van der Waals surface area contributed by atoms with Crippen molar-refractivity contribution in [2.45, 2.75) is 0 Å². The number of nitrogens with one attached hydrogen (secondary N) is 1. The van der Waals surface area contributed by atoms with Gasteiger partial charge in [0.05, 0.1) is 14.2 Å². The summed E-state index contributed by atoms with van der Waals surface area (Å²) in [5.74, 6) is 2.28. The van der Waals surface area contributed by atoms with Gasteiger partial charge < -0.3 is 24.6 Å². The highest BCUT2D eigenvalue weighted by molar-refractivity contribution is 6.01. The Hall–Kier alpha value is -3.13. The van der Waals surface area contributed by atoms with Crippen LogP contribution < -0.4 is 19.7 Å². The van der Waals surface area contributed by atoms with Crippen LogP contribution >= 0.6 is 0 Å². The summed E-state index contributed by atoms with van der Waals surface area (Å²) in [5, 5.41) is 2.78. The first-order valence-electron chi connectivity index (χ1n) is 9.05. The number of carbonyl (C=O) groups excluding carboxylic acids is 1. The van der Waals surface area contributed by atoms with Crippen LogP contribution in [0.25, 0.3) is 6.08 Å². The molecule has 28 heavy (non-hydrogen) atoms. The molecule has 1 fully saturated rings. The number of anilines is 2. The maximum Gasteiger partial charge on any atom is 0.249 e. The minimum atomic E-state index is -0.266. The number of hydrogen-bond donors (Lipinski definition) is 1. The first-order valence-corrected chi connectivity index (χ1v) is 9.05. The van der Waals surface area contributed by atoms with Crippen LogP contribution in [-0.4, -0.2) is 68.2 Å². The van der Waals surface area contributed by atoms with Gasteiger partial charge in [0.1, 0.15) is 18.0 Å². The van der Waals surface area contributed by atoms with E-state index in [1.165, 1.54) is 12.4 Å². The molecule has 8 nitrogen and oxygen atoms in total. The largest absolute Gasteiger partial charge is 0.493 e. The van der Waals surface area contributed by atoms with Crippen molar-refractivity contribution in [1.82, 2.24) is 14.9 Å². The lowest BCUT2D eigenvalue weighted by Gasteiger charge is -2.33. The number of aromatic nitrogens is 2. The van der Waals surface area contributed by atoms with Gasteiger partial charge in [-0.25, -0.2) is 9.97 Å². The fourth-order valence-electron chi connectivity index (χ4n) is 2.92. The predicted molar refractivity (Wildman–Crippen MR) is 109 cm³/mol. The van der Waals surface area contributed by atoms with Gasteiger partial charge in [-0.1, -0.05) is 6.07 Å². The van der Waals surface area contributed by atoms with Crippen molar-refractivity contribution in [3.05, 3.63) is 42.2 Å². The zero-order chi connectivity index (χ0) is 19.9. The summed E-state index contributed by atoms with van der Waals surface area (Å²) in [6.45, 7) is 3.78. The Morgan fingerprint density at radius 2 is 1.82 bits per heavy atom. The van der Waals surface area contributed by atoms with E-state index < -0.39 is 0 Å². The van der Waals surface area contributed by atoms with Gasteiger partial charge in [0.15, 0.2) is 11.5 Å². The van der Waals surface area contributed by atoms with Gasteiger partial charge in [-0.2, -0.15) is 0 Å². The number of benzene rings is 1. The van der Waals surface area contributed by atoms with E-state index in [0.717, 1.165) is 37.6 Å². The summed E-state index contributed by atoms with van der Waals surface area (Å²) in [4.78, 5) is 25.2. The maximum absolute atomic E-state index is 12.3. The van der Waals surface area contributed by atoms with Crippen LogP contribution in [0.3, 0.4) is 0 Å². The summed E-state index contributed by atoms with van der Waals surface area (Å²) < 4.78 is 10.5. The Kier molecular flexibility index (Phi) is 6.44. The highest BCUT2D eigenvalue weighted by atomic mass is 16.5. The van der Waals surface area contributed by atoms with Gasteiger partial charge in [0.2, 0.25) is 5.91 Å². The molecule has 2 aromatic rings. The summed E-state index contributed by atoms with van der Waals surface area (Å²) >= 11 is 0. The number of hydrogen-bond acceptors (Lipinski definition) is 7. The van der Waals surface area contributed by atoms with Crippen LogP contribution in [-0.2, 0) is 4.79 Å². The van der Waals surface area contributed by atoms with Gasteiger partial charge in [0, 0.05) is 38.3 Å². The lowest BCUT2D eigenvalue weighted by atomic mass is 10.2. The Balaban J connectivity index is 1.63. The second-order valence-corrected chi connectivity index (χ2v) is 6.49. The van der Waals surface area contributed by atoms with Crippen LogP contribution in [0.15, 0.2) is 36.7 Å². The fraction of sp³-hybridized carbons (Fsp3) is 0.350. The molecule has 0 atom stereocenters. The highest BCUT2D eigenvalue weighted by Gasteiger charge is 2.16. The summed E-state index contributed by atoms with van der Waals surface area (Å²) in [5.41, 5.74) is 0.827. The predicted octanol–water partition coefficient (Wildman–Crippen LogP) is 1.90. The van der Waals surface area contributed by atoms with Crippen LogP contribution in [0.1, 0.15) is 5.56 Å². The quantitative estimate of drug-likeness (QED) is 0.763. The molecule has 1 N–H and O–H groups in total. The molecular formula is C20H25N5O3. The molecule has 1 aliphatic rings. The lowest BCUT2D eigenvalue weighted by Crippen LogP contribution is -2.44. The third kappa shape index (κ3) is 4.98. The third-order valence-electron chi connectivity index (χ3n) is 4.57. The molecule has 1 aromatic carbocycles. The Bertz CT molecular complexity index is 847. The van der Waals surface area contributed by atoms with E-state index in [9.17, 15) is 4.79 Å². The van der Waals surface area contributed by atoms with Crippen LogP contribution in [0.4, 0.5) is 11.6 Å². The molecule has 1 aliphatic heterocycles. The maximum atomic E-state index is 12.3. The molecule has 3 rings (SSSR count). The van der Waals surface area contributed by atoms with E-state index in [1.54, 1.807) is 38.5 Å². The topological polar surface area (TPSA) is 79.8 Å². The second kappa shape index (κ2) is 9.18. The molecule has 0 radical (unpaired) electrons. The smallest absolute Gasteiger partial charge is 0.249 e. The zero-order valence-electron chi connectivity index (χ0n) is 16.4. The van der Waals surface area contributed by atoms with Crippen LogP contribution in [0.2, 0.25) is 0 Å². The normalized spacial score (nSPS) is 14.9. The fourth-order valence-corrected chi connectivity index (χ4v) is 2.92. The Morgan fingerprint density at radius 1 is 1.07 bits per heavy atom. The summed E-state index contributed by atoms with van der Waals surface area (Å²) in [6, 6.07) is 7.25. The minimum absolute atomic E-state index is 0.266. The molecular weight excluding hydrogens is 358 g/mol. The van der Waals surface area contributed by atoms with Crippen molar-refractivity contribution in [3.63, 3.8) is 0 Å². The standard InChI is InChI=1S/C20H25N5O3/c1-24-8-10-25(11-9-24)19-13-18(21-14-22-19)23-20(26)7-5-15-4-6-16(27-2)17(12-15)28-3/h4-7,12-14H,8-11H2,1-3H3,(H,21,22,23,26)/b7-5+. The van der Waals surface area contributed by atoms with Crippen LogP contribution in [0.5, 0.6) is 11.5 Å². The molecule has 0 spiro atoms. The molecule has 1 amide bonds.